The fourth-order valence-corrected chi connectivity index (χ4v) is 6.17. The monoisotopic (exact) mass is 537 g/mol. The Balaban J connectivity index is 1.17. The quantitative estimate of drug-likeness (QED) is 0.320. The van der Waals surface area contributed by atoms with Crippen molar-refractivity contribution in [2.45, 2.75) is 12.8 Å². The molecule has 0 aliphatic carbocycles. The molecule has 2 aliphatic heterocycles. The number of aromatic nitrogens is 2. The number of rotatable bonds is 7. The molecule has 2 aromatic heterocycles. The molecule has 2 fully saturated rings. The van der Waals surface area contributed by atoms with Gasteiger partial charge < -0.3 is 14.2 Å². The second-order valence-corrected chi connectivity index (χ2v) is 11.3. The average Bonchev–Trinajstić information content (AvgIpc) is 3.34. The van der Waals surface area contributed by atoms with E-state index in [-0.39, 0.29) is 5.56 Å². The molecule has 37 heavy (non-hydrogen) atoms. The third-order valence-electron chi connectivity index (χ3n) is 7.39. The van der Waals surface area contributed by atoms with E-state index in [1.165, 1.54) is 24.2 Å². The lowest BCUT2D eigenvalue weighted by Gasteiger charge is -2.47. The second-order valence-electron chi connectivity index (χ2n) is 9.77. The summed E-state index contributed by atoms with van der Waals surface area (Å²) in [6.07, 6.45) is 3.96. The van der Waals surface area contributed by atoms with Gasteiger partial charge in [0.1, 0.15) is 17.6 Å². The van der Waals surface area contributed by atoms with Crippen LogP contribution in [-0.2, 0) is 4.74 Å². The smallest absolute Gasteiger partial charge is 0.275 e. The molecule has 2 aromatic carbocycles. The van der Waals surface area contributed by atoms with Crippen molar-refractivity contribution in [3.63, 3.8) is 0 Å². The molecule has 4 aromatic rings. The molecule has 0 atom stereocenters. The van der Waals surface area contributed by atoms with Gasteiger partial charge in [-0.25, -0.2) is 4.98 Å². The molecule has 2 saturated heterocycles. The van der Waals surface area contributed by atoms with Crippen molar-refractivity contribution in [3.05, 3.63) is 70.2 Å². The predicted molar refractivity (Wildman–Crippen MR) is 147 cm³/mol. The summed E-state index contributed by atoms with van der Waals surface area (Å²) in [7, 11) is 1.61. The average molecular weight is 538 g/mol. The molecule has 0 unspecified atom stereocenters. The molecule has 7 nitrogen and oxygen atoms in total. The van der Waals surface area contributed by atoms with Crippen LogP contribution in [0.1, 0.15) is 12.8 Å². The Bertz CT molecular complexity index is 1470. The summed E-state index contributed by atoms with van der Waals surface area (Å²) >= 11 is 7.45. The number of benzene rings is 2. The van der Waals surface area contributed by atoms with Crippen molar-refractivity contribution in [3.8, 4) is 27.6 Å². The Labute approximate surface area is 224 Å². The number of likely N-dealkylation sites (tertiary alicyclic amines) is 1. The zero-order valence-electron chi connectivity index (χ0n) is 20.6. The highest BCUT2D eigenvalue weighted by molar-refractivity contribution is 7.22. The van der Waals surface area contributed by atoms with Crippen molar-refractivity contribution in [2.75, 3.05) is 46.6 Å². The molecule has 0 amide bonds. The van der Waals surface area contributed by atoms with Crippen LogP contribution >= 0.6 is 22.9 Å². The molecular formula is C28H28ClN3O4S. The maximum Gasteiger partial charge on any atom is 0.275 e. The molecular weight excluding hydrogens is 510 g/mol. The maximum atomic E-state index is 13.4. The molecule has 0 N–H and O–H groups in total. The Hall–Kier alpha value is -2.91. The predicted octanol–water partition coefficient (Wildman–Crippen LogP) is 5.27. The van der Waals surface area contributed by atoms with Gasteiger partial charge in [0, 0.05) is 27.9 Å². The van der Waals surface area contributed by atoms with Gasteiger partial charge in [-0.05, 0) is 61.8 Å². The van der Waals surface area contributed by atoms with E-state index in [1.807, 2.05) is 48.5 Å². The number of ether oxygens (including phenoxy) is 3. The Morgan fingerprint density at radius 2 is 1.86 bits per heavy atom. The Morgan fingerprint density at radius 3 is 2.57 bits per heavy atom. The van der Waals surface area contributed by atoms with Crippen LogP contribution in [0.5, 0.6) is 11.5 Å². The van der Waals surface area contributed by atoms with Crippen LogP contribution in [0, 0.1) is 5.41 Å². The number of piperidine rings is 1. The lowest BCUT2D eigenvalue weighted by Crippen LogP contribution is -2.51. The van der Waals surface area contributed by atoms with E-state index in [1.54, 1.807) is 18.0 Å². The first-order chi connectivity index (χ1) is 18.0. The molecule has 9 heteroatoms. The molecule has 0 bridgehead atoms. The minimum absolute atomic E-state index is 0.120. The molecule has 4 heterocycles. The highest BCUT2D eigenvalue weighted by atomic mass is 35.5. The van der Waals surface area contributed by atoms with Crippen molar-refractivity contribution < 1.29 is 14.2 Å². The Morgan fingerprint density at radius 1 is 1.08 bits per heavy atom. The van der Waals surface area contributed by atoms with Crippen LogP contribution in [0.15, 0.2) is 59.7 Å². The maximum absolute atomic E-state index is 13.4. The first-order valence-electron chi connectivity index (χ1n) is 12.4. The van der Waals surface area contributed by atoms with Crippen LogP contribution < -0.4 is 15.0 Å². The summed E-state index contributed by atoms with van der Waals surface area (Å²) in [5.74, 6) is 1.25. The van der Waals surface area contributed by atoms with Crippen LogP contribution in [0.3, 0.4) is 0 Å². The van der Waals surface area contributed by atoms with Gasteiger partial charge in [0.05, 0.1) is 31.5 Å². The number of fused-ring (bicyclic) bond motifs is 1. The molecule has 2 aliphatic rings. The van der Waals surface area contributed by atoms with Gasteiger partial charge in [-0.2, -0.15) is 0 Å². The number of halogens is 1. The van der Waals surface area contributed by atoms with Crippen molar-refractivity contribution >= 4 is 33.2 Å². The fourth-order valence-electron chi connectivity index (χ4n) is 4.99. The molecule has 1 spiro atoms. The summed E-state index contributed by atoms with van der Waals surface area (Å²) in [5.41, 5.74) is 2.67. The number of hydrogen-bond donors (Lipinski definition) is 0. The van der Waals surface area contributed by atoms with E-state index < -0.39 is 0 Å². The van der Waals surface area contributed by atoms with E-state index in [2.05, 4.69) is 9.88 Å². The second kappa shape index (κ2) is 10.1. The van der Waals surface area contributed by atoms with Gasteiger partial charge in [0.2, 0.25) is 0 Å². The Kier molecular flexibility index (Phi) is 6.67. The van der Waals surface area contributed by atoms with Gasteiger partial charge in [0.25, 0.3) is 5.56 Å². The first-order valence-corrected chi connectivity index (χ1v) is 13.6. The van der Waals surface area contributed by atoms with E-state index in [9.17, 15) is 4.79 Å². The lowest BCUT2D eigenvalue weighted by molar-refractivity contribution is -0.139. The van der Waals surface area contributed by atoms with Crippen molar-refractivity contribution in [2.24, 2.45) is 5.41 Å². The van der Waals surface area contributed by atoms with E-state index in [4.69, 9.17) is 25.8 Å². The van der Waals surface area contributed by atoms with E-state index >= 15 is 0 Å². The molecule has 0 radical (unpaired) electrons. The van der Waals surface area contributed by atoms with Gasteiger partial charge in [-0.15, -0.1) is 11.3 Å². The minimum atomic E-state index is -0.120. The summed E-state index contributed by atoms with van der Waals surface area (Å²) in [5, 5.41) is 0.676. The normalized spacial score (nSPS) is 17.1. The third-order valence-corrected chi connectivity index (χ3v) is 8.80. The van der Waals surface area contributed by atoms with E-state index in [0.29, 0.717) is 44.4 Å². The largest absolute Gasteiger partial charge is 0.493 e. The fraction of sp³-hybridized carbons (Fsp3) is 0.357. The number of hydrogen-bond acceptors (Lipinski definition) is 7. The summed E-state index contributed by atoms with van der Waals surface area (Å²) in [4.78, 5) is 21.3. The van der Waals surface area contributed by atoms with Crippen LogP contribution in [0.4, 0.5) is 0 Å². The molecule has 0 saturated carbocycles. The van der Waals surface area contributed by atoms with Crippen LogP contribution in [-0.4, -0.2) is 61.0 Å². The van der Waals surface area contributed by atoms with Gasteiger partial charge >= 0.3 is 0 Å². The standard InChI is InChI=1S/C28H28ClN3O4S/c1-34-24-14-21(6-7-23(24)36-13-12-31-10-8-28(9-11-31)16-35-17-28)32-18-30-22-15-25(37-26(22)27(32)33)19-2-4-20(29)5-3-19/h2-7,14-15,18H,8-13,16-17H2,1H3. The lowest BCUT2D eigenvalue weighted by atomic mass is 9.77. The van der Waals surface area contributed by atoms with Crippen LogP contribution in [0.25, 0.3) is 26.3 Å². The zero-order chi connectivity index (χ0) is 25.4. The van der Waals surface area contributed by atoms with E-state index in [0.717, 1.165) is 43.3 Å². The summed E-state index contributed by atoms with van der Waals surface area (Å²) < 4.78 is 19.2. The van der Waals surface area contributed by atoms with Gasteiger partial charge in [-0.1, -0.05) is 23.7 Å². The summed E-state index contributed by atoms with van der Waals surface area (Å²) in [6, 6.07) is 15.1. The molecule has 192 valence electrons. The SMILES string of the molecule is COc1cc(-n2cnc3cc(-c4ccc(Cl)cc4)sc3c2=O)ccc1OCCN1CCC2(CC1)COC2. The topological polar surface area (TPSA) is 65.8 Å². The van der Waals surface area contributed by atoms with Crippen molar-refractivity contribution in [1.82, 2.24) is 14.5 Å². The first kappa shape index (κ1) is 24.4. The molecule has 6 rings (SSSR count). The number of methoxy groups -OCH3 is 1. The third kappa shape index (κ3) is 4.86. The number of nitrogens with zero attached hydrogens (tertiary/aromatic N) is 3. The van der Waals surface area contributed by atoms with Crippen LogP contribution in [0.2, 0.25) is 5.02 Å². The zero-order valence-corrected chi connectivity index (χ0v) is 22.2. The van der Waals surface area contributed by atoms with Crippen molar-refractivity contribution in [1.29, 1.82) is 0 Å². The highest BCUT2D eigenvalue weighted by Crippen LogP contribution is 2.38. The van der Waals surface area contributed by atoms with Gasteiger partial charge in [0.15, 0.2) is 11.5 Å². The minimum Gasteiger partial charge on any atom is -0.493 e. The van der Waals surface area contributed by atoms with Gasteiger partial charge in [-0.3, -0.25) is 14.3 Å². The highest BCUT2D eigenvalue weighted by Gasteiger charge is 2.40. The number of thiophene rings is 1. The summed E-state index contributed by atoms with van der Waals surface area (Å²) in [6.45, 7) is 5.46.